The summed E-state index contributed by atoms with van der Waals surface area (Å²) in [6.07, 6.45) is 5.15. The first-order valence-electron chi connectivity index (χ1n) is 1.58. The van der Waals surface area contributed by atoms with Crippen molar-refractivity contribution in [2.45, 2.75) is 6.92 Å². The van der Waals surface area contributed by atoms with Crippen LogP contribution in [-0.2, 0) is 21.7 Å². The quantitative estimate of drug-likeness (QED) is 0.302. The second kappa shape index (κ2) is 27.1. The predicted octanol–water partition coefficient (Wildman–Crippen LogP) is 2.45. The summed E-state index contributed by atoms with van der Waals surface area (Å²) in [6, 6.07) is 0. The molecule has 0 aromatic carbocycles. The molecular formula is C7H13Ti. The van der Waals surface area contributed by atoms with Gasteiger partial charge in [0.05, 0.1) is 0 Å². The zero-order chi connectivity index (χ0) is 4.12. The molecule has 0 aliphatic rings. The smallest absolute Gasteiger partial charge is 0.358 e. The van der Waals surface area contributed by atoms with Gasteiger partial charge in [-0.1, -0.05) is 6.92 Å². The Morgan fingerprint density at radius 2 is 1.62 bits per heavy atom. The largest absolute Gasteiger partial charge is 3.00 e. The molecule has 0 aromatic rings. The van der Waals surface area contributed by atoms with Crippen molar-refractivity contribution in [3.05, 3.63) is 39.7 Å². The third-order valence-corrected chi connectivity index (χ3v) is 0.304. The van der Waals surface area contributed by atoms with Crippen molar-refractivity contribution >= 4 is 0 Å². The van der Waals surface area contributed by atoms with Crippen LogP contribution in [0, 0.1) is 21.4 Å². The number of hydrogen-bond donors (Lipinski definition) is 0. The average Bonchev–Trinajstić information content (AvgIpc) is 1.41. The first-order valence-corrected chi connectivity index (χ1v) is 1.58. The Kier molecular flexibility index (Phi) is 81.5. The van der Waals surface area contributed by atoms with E-state index in [0.29, 0.717) is 0 Å². The van der Waals surface area contributed by atoms with Gasteiger partial charge in [-0.25, -0.2) is 12.2 Å². The van der Waals surface area contributed by atoms with Crippen LogP contribution in [0.1, 0.15) is 6.92 Å². The molecular weight excluding hydrogens is 132 g/mol. The van der Waals surface area contributed by atoms with Crippen LogP contribution >= 0.6 is 0 Å². The Labute approximate surface area is 68.6 Å². The van der Waals surface area contributed by atoms with Crippen LogP contribution in [-0.4, -0.2) is 0 Å². The number of allylic oxidation sites excluding steroid dienone is 3. The van der Waals surface area contributed by atoms with Gasteiger partial charge in [0.15, 0.2) is 0 Å². The molecule has 0 aromatic heterocycles. The summed E-state index contributed by atoms with van der Waals surface area (Å²) in [5.41, 5.74) is 0. The number of hydrogen-bond acceptors (Lipinski definition) is 0. The average molecular weight is 145 g/mol. The fourth-order valence-electron chi connectivity index (χ4n) is 0.111. The van der Waals surface area contributed by atoms with Crippen LogP contribution < -0.4 is 0 Å². The van der Waals surface area contributed by atoms with Gasteiger partial charge in [-0.05, 0) is 0 Å². The summed E-state index contributed by atoms with van der Waals surface area (Å²) in [7, 11) is 0. The zero-order valence-corrected chi connectivity index (χ0v) is 7.37. The molecule has 0 N–H and O–H groups in total. The van der Waals surface area contributed by atoms with Gasteiger partial charge in [0.2, 0.25) is 0 Å². The predicted molar refractivity (Wildman–Crippen MR) is 36.5 cm³/mol. The standard InChI is InChI=1S/C5H7.2CH3.Ti/c1-3-5-4-2;;;/h1,3-5H,2H3;2*1H3;/q3*-1;+3. The zero-order valence-electron chi connectivity index (χ0n) is 5.81. The molecule has 0 bridgehead atoms. The fraction of sp³-hybridized carbons (Fsp3) is 0.143. The van der Waals surface area contributed by atoms with Crippen LogP contribution in [0.2, 0.25) is 0 Å². The summed E-state index contributed by atoms with van der Waals surface area (Å²) >= 11 is 0. The van der Waals surface area contributed by atoms with Crippen molar-refractivity contribution in [2.75, 3.05) is 0 Å². The van der Waals surface area contributed by atoms with E-state index >= 15 is 0 Å². The fourth-order valence-corrected chi connectivity index (χ4v) is 0.111. The molecule has 0 saturated heterocycles. The van der Waals surface area contributed by atoms with Crippen molar-refractivity contribution in [2.24, 2.45) is 0 Å². The summed E-state index contributed by atoms with van der Waals surface area (Å²) in [6.45, 7) is 6.85. The molecule has 0 atom stereocenters. The molecule has 0 heterocycles. The molecule has 0 fully saturated rings. The Morgan fingerprint density at radius 3 is 1.62 bits per heavy atom. The minimum atomic E-state index is 0. The molecule has 0 spiro atoms. The summed E-state index contributed by atoms with van der Waals surface area (Å²) in [5, 5.41) is 0. The minimum Gasteiger partial charge on any atom is -0.358 e. The van der Waals surface area contributed by atoms with Gasteiger partial charge in [-0.15, -0.1) is 0 Å². The van der Waals surface area contributed by atoms with Crippen molar-refractivity contribution in [1.29, 1.82) is 0 Å². The van der Waals surface area contributed by atoms with Gasteiger partial charge in [-0.3, -0.25) is 6.58 Å². The van der Waals surface area contributed by atoms with E-state index in [1.54, 1.807) is 6.08 Å². The van der Waals surface area contributed by atoms with Crippen molar-refractivity contribution < 1.29 is 21.7 Å². The monoisotopic (exact) mass is 145 g/mol. The molecule has 0 unspecified atom stereocenters. The van der Waals surface area contributed by atoms with Crippen molar-refractivity contribution in [1.82, 2.24) is 0 Å². The number of rotatable bonds is 1. The first-order chi connectivity index (χ1) is 2.41. The van der Waals surface area contributed by atoms with E-state index in [1.807, 2.05) is 13.0 Å². The Hall–Kier alpha value is 0.194. The molecule has 45 valence electrons. The van der Waals surface area contributed by atoms with Crippen LogP contribution in [0.5, 0.6) is 0 Å². The molecule has 0 aliphatic carbocycles. The van der Waals surface area contributed by atoms with Crippen molar-refractivity contribution in [3.63, 3.8) is 0 Å². The van der Waals surface area contributed by atoms with Crippen LogP contribution in [0.25, 0.3) is 0 Å². The first kappa shape index (κ1) is 24.1. The summed E-state index contributed by atoms with van der Waals surface area (Å²) in [4.78, 5) is 0. The second-order valence-corrected chi connectivity index (χ2v) is 0.718. The van der Waals surface area contributed by atoms with Crippen LogP contribution in [0.4, 0.5) is 0 Å². The van der Waals surface area contributed by atoms with E-state index < -0.39 is 0 Å². The molecule has 0 nitrogen and oxygen atoms in total. The van der Waals surface area contributed by atoms with Gasteiger partial charge in [-0.2, -0.15) is 6.08 Å². The molecule has 8 heavy (non-hydrogen) atoms. The Bertz CT molecular complexity index is 46.3. The molecule has 0 saturated carbocycles. The van der Waals surface area contributed by atoms with Gasteiger partial charge >= 0.3 is 21.7 Å². The maximum absolute atomic E-state index is 4.93. The van der Waals surface area contributed by atoms with Gasteiger partial charge in [0.25, 0.3) is 0 Å². The molecule has 1 radical (unpaired) electrons. The Morgan fingerprint density at radius 1 is 1.25 bits per heavy atom. The van der Waals surface area contributed by atoms with E-state index in [0.717, 1.165) is 0 Å². The van der Waals surface area contributed by atoms with Gasteiger partial charge in [0.1, 0.15) is 0 Å². The maximum Gasteiger partial charge on any atom is 3.00 e. The normalized spacial score (nSPS) is 5.62. The van der Waals surface area contributed by atoms with E-state index in [9.17, 15) is 0 Å². The van der Waals surface area contributed by atoms with E-state index in [2.05, 4.69) is 0 Å². The van der Waals surface area contributed by atoms with Crippen LogP contribution in [0.15, 0.2) is 18.2 Å². The Balaban J connectivity index is -0.0000000267. The van der Waals surface area contributed by atoms with Crippen molar-refractivity contribution in [3.8, 4) is 0 Å². The molecule has 0 aliphatic heterocycles. The van der Waals surface area contributed by atoms with Gasteiger partial charge < -0.3 is 14.9 Å². The van der Waals surface area contributed by atoms with Crippen LogP contribution in [0.3, 0.4) is 0 Å². The topological polar surface area (TPSA) is 0 Å². The third-order valence-electron chi connectivity index (χ3n) is 0.304. The summed E-state index contributed by atoms with van der Waals surface area (Å²) < 4.78 is 0. The van der Waals surface area contributed by atoms with E-state index in [4.69, 9.17) is 6.58 Å². The second-order valence-electron chi connectivity index (χ2n) is 0.718. The van der Waals surface area contributed by atoms with E-state index in [-0.39, 0.29) is 36.6 Å². The molecule has 1 heteroatoms. The van der Waals surface area contributed by atoms with E-state index in [1.165, 1.54) is 6.08 Å². The SMILES string of the molecule is [CH-]=CC=CC.[CH3-].[CH3-].[Ti+3]. The third kappa shape index (κ3) is 34.7. The maximum atomic E-state index is 4.93. The molecule has 0 rings (SSSR count). The molecule has 0 amide bonds. The van der Waals surface area contributed by atoms with Gasteiger partial charge in [0, 0.05) is 0 Å². The summed E-state index contributed by atoms with van der Waals surface area (Å²) in [5.74, 6) is 0. The minimum absolute atomic E-state index is 0.